The van der Waals surface area contributed by atoms with E-state index in [-0.39, 0.29) is 19.7 Å². The number of aliphatic hydroxyl groups excluding tert-OH is 1. The third-order valence-electron chi connectivity index (χ3n) is 1.56. The minimum atomic E-state index is -3.46. The zero-order valence-corrected chi connectivity index (χ0v) is 9.38. The fourth-order valence-electron chi connectivity index (χ4n) is 0.930. The standard InChI is InChI=1S/C7H18N2O4S/c1-3-8-14(11,12)9(4-6-10)5-7-13-2/h8,10H,3-7H2,1-2H3. The Balaban J connectivity index is 4.30. The third-order valence-corrected chi connectivity index (χ3v) is 3.26. The lowest BCUT2D eigenvalue weighted by atomic mass is 10.6. The van der Waals surface area contributed by atoms with E-state index in [1.165, 1.54) is 7.11 Å². The van der Waals surface area contributed by atoms with E-state index in [0.29, 0.717) is 13.2 Å². The SMILES string of the molecule is CCNS(=O)(=O)N(CCO)CCOC. The van der Waals surface area contributed by atoms with Gasteiger partial charge in [-0.1, -0.05) is 6.92 Å². The molecule has 0 aliphatic carbocycles. The molecule has 0 radical (unpaired) electrons. The summed E-state index contributed by atoms with van der Waals surface area (Å²) in [5.74, 6) is 0. The number of aliphatic hydroxyl groups is 1. The van der Waals surface area contributed by atoms with E-state index in [1.54, 1.807) is 6.92 Å². The second kappa shape index (κ2) is 7.13. The van der Waals surface area contributed by atoms with E-state index in [0.717, 1.165) is 4.31 Å². The van der Waals surface area contributed by atoms with E-state index in [1.807, 2.05) is 0 Å². The first-order valence-corrected chi connectivity index (χ1v) is 5.87. The Morgan fingerprint density at radius 3 is 2.50 bits per heavy atom. The molecule has 0 aromatic rings. The number of hydrogen-bond donors (Lipinski definition) is 2. The summed E-state index contributed by atoms with van der Waals surface area (Å²) >= 11 is 0. The predicted octanol–water partition coefficient (Wildman–Crippen LogP) is -1.22. The van der Waals surface area contributed by atoms with Crippen LogP contribution < -0.4 is 4.72 Å². The monoisotopic (exact) mass is 226 g/mol. The summed E-state index contributed by atoms with van der Waals surface area (Å²) < 4.78 is 31.2. The molecule has 2 N–H and O–H groups in total. The van der Waals surface area contributed by atoms with Gasteiger partial charge in [0.25, 0.3) is 10.2 Å². The van der Waals surface area contributed by atoms with Gasteiger partial charge < -0.3 is 9.84 Å². The molecule has 0 aromatic carbocycles. The van der Waals surface area contributed by atoms with Crippen molar-refractivity contribution in [2.75, 3.05) is 40.0 Å². The Morgan fingerprint density at radius 2 is 2.07 bits per heavy atom. The van der Waals surface area contributed by atoms with E-state index >= 15 is 0 Å². The van der Waals surface area contributed by atoms with Crippen LogP contribution in [0.5, 0.6) is 0 Å². The molecule has 0 bridgehead atoms. The summed E-state index contributed by atoms with van der Waals surface area (Å²) in [5.41, 5.74) is 0. The van der Waals surface area contributed by atoms with Crippen LogP contribution in [0.15, 0.2) is 0 Å². The van der Waals surface area contributed by atoms with Gasteiger partial charge in [0.1, 0.15) is 0 Å². The van der Waals surface area contributed by atoms with Gasteiger partial charge in [-0.3, -0.25) is 0 Å². The molecule has 0 rings (SSSR count). The molecule has 0 amide bonds. The molecule has 6 nitrogen and oxygen atoms in total. The van der Waals surface area contributed by atoms with Crippen LogP contribution in [0, 0.1) is 0 Å². The van der Waals surface area contributed by atoms with Crippen molar-refractivity contribution in [3.05, 3.63) is 0 Å². The van der Waals surface area contributed by atoms with Crippen LogP contribution in [0.1, 0.15) is 6.92 Å². The van der Waals surface area contributed by atoms with Crippen molar-refractivity contribution in [2.24, 2.45) is 0 Å². The molecule has 0 aromatic heterocycles. The fourth-order valence-corrected chi connectivity index (χ4v) is 2.11. The highest BCUT2D eigenvalue weighted by Crippen LogP contribution is 1.96. The molecular weight excluding hydrogens is 208 g/mol. The highest BCUT2D eigenvalue weighted by molar-refractivity contribution is 7.87. The van der Waals surface area contributed by atoms with Gasteiger partial charge >= 0.3 is 0 Å². The van der Waals surface area contributed by atoms with Crippen molar-refractivity contribution in [1.82, 2.24) is 9.03 Å². The molecule has 7 heteroatoms. The molecule has 0 fully saturated rings. The maximum atomic E-state index is 11.5. The molecule has 0 atom stereocenters. The minimum Gasteiger partial charge on any atom is -0.395 e. The number of rotatable bonds is 8. The van der Waals surface area contributed by atoms with Crippen LogP contribution in [0.3, 0.4) is 0 Å². The van der Waals surface area contributed by atoms with Crippen molar-refractivity contribution < 1.29 is 18.3 Å². The molecule has 14 heavy (non-hydrogen) atoms. The second-order valence-electron chi connectivity index (χ2n) is 2.62. The van der Waals surface area contributed by atoms with Crippen molar-refractivity contribution in [3.63, 3.8) is 0 Å². The van der Waals surface area contributed by atoms with Crippen LogP contribution in [0.25, 0.3) is 0 Å². The van der Waals surface area contributed by atoms with Gasteiger partial charge in [-0.2, -0.15) is 12.7 Å². The average molecular weight is 226 g/mol. The van der Waals surface area contributed by atoms with Crippen molar-refractivity contribution >= 4 is 10.2 Å². The summed E-state index contributed by atoms with van der Waals surface area (Å²) in [7, 11) is -1.97. The van der Waals surface area contributed by atoms with Crippen LogP contribution in [0.2, 0.25) is 0 Å². The van der Waals surface area contributed by atoms with Crippen molar-refractivity contribution in [3.8, 4) is 0 Å². The van der Waals surface area contributed by atoms with Gasteiger partial charge in [0.2, 0.25) is 0 Å². The molecule has 0 unspecified atom stereocenters. The Bertz CT molecular complexity index is 230. The van der Waals surface area contributed by atoms with E-state index in [4.69, 9.17) is 9.84 Å². The topological polar surface area (TPSA) is 78.9 Å². The van der Waals surface area contributed by atoms with Gasteiger partial charge in [-0.25, -0.2) is 4.72 Å². The lowest BCUT2D eigenvalue weighted by molar-refractivity contribution is 0.168. The minimum absolute atomic E-state index is 0.0820. The molecule has 0 saturated carbocycles. The maximum absolute atomic E-state index is 11.5. The lowest BCUT2D eigenvalue weighted by Gasteiger charge is -2.20. The number of methoxy groups -OCH3 is 1. The van der Waals surface area contributed by atoms with Gasteiger partial charge in [-0.05, 0) is 0 Å². The molecule has 0 aliphatic rings. The quantitative estimate of drug-likeness (QED) is 0.544. The second-order valence-corrected chi connectivity index (χ2v) is 4.37. The van der Waals surface area contributed by atoms with Gasteiger partial charge in [0, 0.05) is 26.7 Å². The Hall–Kier alpha value is -0.210. The molecule has 0 heterocycles. The van der Waals surface area contributed by atoms with Crippen LogP contribution in [0.4, 0.5) is 0 Å². The van der Waals surface area contributed by atoms with Crippen molar-refractivity contribution in [1.29, 1.82) is 0 Å². The number of hydrogen-bond acceptors (Lipinski definition) is 4. The highest BCUT2D eigenvalue weighted by atomic mass is 32.2. The largest absolute Gasteiger partial charge is 0.395 e. The molecule has 0 aliphatic heterocycles. The predicted molar refractivity (Wildman–Crippen MR) is 53.1 cm³/mol. The highest BCUT2D eigenvalue weighted by Gasteiger charge is 2.19. The Morgan fingerprint density at radius 1 is 1.43 bits per heavy atom. The summed E-state index contributed by atoms with van der Waals surface area (Å²) in [6, 6.07) is 0. The fraction of sp³-hybridized carbons (Fsp3) is 1.00. The van der Waals surface area contributed by atoms with E-state index in [2.05, 4.69) is 4.72 Å². The summed E-state index contributed by atoms with van der Waals surface area (Å²) in [6.07, 6.45) is 0. The zero-order chi connectivity index (χ0) is 11.0. The first-order chi connectivity index (χ1) is 6.58. The van der Waals surface area contributed by atoms with Gasteiger partial charge in [0.15, 0.2) is 0 Å². The summed E-state index contributed by atoms with van der Waals surface area (Å²) in [6.45, 7) is 2.46. The zero-order valence-electron chi connectivity index (χ0n) is 8.56. The Kier molecular flexibility index (Phi) is 7.02. The number of nitrogens with zero attached hydrogens (tertiary/aromatic N) is 1. The first-order valence-electron chi connectivity index (χ1n) is 4.43. The normalized spacial score (nSPS) is 12.3. The van der Waals surface area contributed by atoms with E-state index < -0.39 is 10.2 Å². The van der Waals surface area contributed by atoms with Crippen LogP contribution >= 0.6 is 0 Å². The molecule has 0 spiro atoms. The van der Waals surface area contributed by atoms with Crippen molar-refractivity contribution in [2.45, 2.75) is 6.92 Å². The van der Waals surface area contributed by atoms with Crippen LogP contribution in [-0.2, 0) is 14.9 Å². The van der Waals surface area contributed by atoms with Gasteiger partial charge in [0.05, 0.1) is 13.2 Å². The third kappa shape index (κ3) is 4.87. The first kappa shape index (κ1) is 13.8. The number of ether oxygens (including phenoxy) is 1. The molecular formula is C7H18N2O4S. The lowest BCUT2D eigenvalue weighted by Crippen LogP contribution is -2.43. The van der Waals surface area contributed by atoms with Gasteiger partial charge in [-0.15, -0.1) is 0 Å². The van der Waals surface area contributed by atoms with Crippen LogP contribution in [-0.4, -0.2) is 57.8 Å². The summed E-state index contributed by atoms with van der Waals surface area (Å²) in [4.78, 5) is 0. The molecule has 86 valence electrons. The number of nitrogens with one attached hydrogen (secondary N) is 1. The smallest absolute Gasteiger partial charge is 0.279 e. The average Bonchev–Trinajstić information content (AvgIpc) is 2.11. The molecule has 0 saturated heterocycles. The Labute approximate surface area is 85.0 Å². The van der Waals surface area contributed by atoms with E-state index in [9.17, 15) is 8.42 Å². The summed E-state index contributed by atoms with van der Waals surface area (Å²) in [5, 5.41) is 8.69. The maximum Gasteiger partial charge on any atom is 0.279 e.